The summed E-state index contributed by atoms with van der Waals surface area (Å²) in [6, 6.07) is 18.4. The molecule has 0 atom stereocenters. The van der Waals surface area contributed by atoms with Crippen molar-refractivity contribution in [2.45, 2.75) is 13.5 Å². The molecule has 0 saturated carbocycles. The second kappa shape index (κ2) is 6.27. The van der Waals surface area contributed by atoms with Crippen molar-refractivity contribution >= 4 is 16.6 Å². The lowest BCUT2D eigenvalue weighted by Crippen LogP contribution is -2.00. The van der Waals surface area contributed by atoms with Gasteiger partial charge in [0, 0.05) is 29.9 Å². The standard InChI is InChI=1S/C18H18N2O/c1-2-21-17-7-3-6-16(12-17)20-13-14-8-9-18-15(11-14)5-4-10-19-18/h3-12,20H,2,13H2,1H3. The molecule has 0 fully saturated rings. The zero-order valence-corrected chi connectivity index (χ0v) is 12.0. The number of hydrogen-bond donors (Lipinski definition) is 1. The van der Waals surface area contributed by atoms with Gasteiger partial charge in [0.25, 0.3) is 0 Å². The second-order valence-electron chi connectivity index (χ2n) is 4.84. The topological polar surface area (TPSA) is 34.1 Å². The summed E-state index contributed by atoms with van der Waals surface area (Å²) in [7, 11) is 0. The average molecular weight is 278 g/mol. The fourth-order valence-electron chi connectivity index (χ4n) is 2.30. The number of nitrogens with one attached hydrogen (secondary N) is 1. The Morgan fingerprint density at radius 3 is 2.90 bits per heavy atom. The molecule has 0 aliphatic carbocycles. The van der Waals surface area contributed by atoms with Gasteiger partial charge in [-0.2, -0.15) is 0 Å². The molecular weight excluding hydrogens is 260 g/mol. The van der Waals surface area contributed by atoms with Gasteiger partial charge in [-0.3, -0.25) is 4.98 Å². The molecule has 0 aliphatic heterocycles. The van der Waals surface area contributed by atoms with Gasteiger partial charge in [0.2, 0.25) is 0 Å². The molecule has 0 amide bonds. The van der Waals surface area contributed by atoms with Crippen LogP contribution in [0.1, 0.15) is 12.5 Å². The van der Waals surface area contributed by atoms with Crippen molar-refractivity contribution in [3.8, 4) is 5.75 Å². The van der Waals surface area contributed by atoms with E-state index in [9.17, 15) is 0 Å². The Hall–Kier alpha value is -2.55. The molecule has 106 valence electrons. The van der Waals surface area contributed by atoms with Gasteiger partial charge in [-0.05, 0) is 42.8 Å². The number of ether oxygens (including phenoxy) is 1. The van der Waals surface area contributed by atoms with E-state index in [1.807, 2.05) is 43.5 Å². The monoisotopic (exact) mass is 278 g/mol. The Morgan fingerprint density at radius 1 is 1.05 bits per heavy atom. The minimum atomic E-state index is 0.682. The molecule has 3 aromatic rings. The van der Waals surface area contributed by atoms with Crippen LogP contribution in [0.25, 0.3) is 10.9 Å². The molecule has 3 rings (SSSR count). The summed E-state index contributed by atoms with van der Waals surface area (Å²) in [4.78, 5) is 4.34. The van der Waals surface area contributed by atoms with Crippen LogP contribution in [0.3, 0.4) is 0 Å². The molecule has 0 unspecified atom stereocenters. The predicted octanol–water partition coefficient (Wildman–Crippen LogP) is 4.25. The summed E-state index contributed by atoms with van der Waals surface area (Å²) in [6.07, 6.45) is 1.82. The van der Waals surface area contributed by atoms with E-state index >= 15 is 0 Å². The van der Waals surface area contributed by atoms with Crippen molar-refractivity contribution in [2.24, 2.45) is 0 Å². The minimum absolute atomic E-state index is 0.682. The van der Waals surface area contributed by atoms with Gasteiger partial charge in [-0.25, -0.2) is 0 Å². The lowest BCUT2D eigenvalue weighted by Gasteiger charge is -2.09. The number of pyridine rings is 1. The molecule has 1 N–H and O–H groups in total. The molecule has 2 aromatic carbocycles. The average Bonchev–Trinajstić information content (AvgIpc) is 2.53. The zero-order valence-electron chi connectivity index (χ0n) is 12.0. The normalized spacial score (nSPS) is 10.5. The van der Waals surface area contributed by atoms with Gasteiger partial charge in [0.05, 0.1) is 12.1 Å². The maximum absolute atomic E-state index is 5.51. The number of anilines is 1. The van der Waals surface area contributed by atoms with Crippen LogP contribution in [0.5, 0.6) is 5.75 Å². The summed E-state index contributed by atoms with van der Waals surface area (Å²) < 4.78 is 5.51. The van der Waals surface area contributed by atoms with E-state index in [2.05, 4.69) is 34.6 Å². The Balaban J connectivity index is 1.72. The van der Waals surface area contributed by atoms with E-state index in [0.29, 0.717) is 6.61 Å². The number of nitrogens with zero attached hydrogens (tertiary/aromatic N) is 1. The maximum Gasteiger partial charge on any atom is 0.121 e. The summed E-state index contributed by atoms with van der Waals surface area (Å²) >= 11 is 0. The van der Waals surface area contributed by atoms with E-state index in [4.69, 9.17) is 4.74 Å². The van der Waals surface area contributed by atoms with Gasteiger partial charge in [-0.1, -0.05) is 18.2 Å². The molecule has 1 heterocycles. The van der Waals surface area contributed by atoms with Crippen molar-refractivity contribution in [1.82, 2.24) is 4.98 Å². The van der Waals surface area contributed by atoms with E-state index in [1.54, 1.807) is 0 Å². The Morgan fingerprint density at radius 2 is 2.00 bits per heavy atom. The van der Waals surface area contributed by atoms with Gasteiger partial charge < -0.3 is 10.1 Å². The third kappa shape index (κ3) is 3.31. The largest absolute Gasteiger partial charge is 0.494 e. The maximum atomic E-state index is 5.51. The lowest BCUT2D eigenvalue weighted by molar-refractivity contribution is 0.340. The molecule has 21 heavy (non-hydrogen) atoms. The highest BCUT2D eigenvalue weighted by Gasteiger charge is 1.99. The van der Waals surface area contributed by atoms with Gasteiger partial charge >= 0.3 is 0 Å². The van der Waals surface area contributed by atoms with Gasteiger partial charge in [-0.15, -0.1) is 0 Å². The fraction of sp³-hybridized carbons (Fsp3) is 0.167. The first-order chi connectivity index (χ1) is 10.3. The van der Waals surface area contributed by atoms with E-state index in [0.717, 1.165) is 23.5 Å². The van der Waals surface area contributed by atoms with Crippen molar-refractivity contribution in [1.29, 1.82) is 0 Å². The first-order valence-electron chi connectivity index (χ1n) is 7.15. The number of benzene rings is 2. The predicted molar refractivity (Wildman–Crippen MR) is 86.7 cm³/mol. The van der Waals surface area contributed by atoms with Crippen molar-refractivity contribution in [3.05, 3.63) is 66.4 Å². The number of hydrogen-bond acceptors (Lipinski definition) is 3. The first-order valence-corrected chi connectivity index (χ1v) is 7.15. The quantitative estimate of drug-likeness (QED) is 0.757. The third-order valence-corrected chi connectivity index (χ3v) is 3.31. The van der Waals surface area contributed by atoms with Crippen LogP contribution in [0.2, 0.25) is 0 Å². The summed E-state index contributed by atoms with van der Waals surface area (Å²) in [6.45, 7) is 3.45. The van der Waals surface area contributed by atoms with Crippen molar-refractivity contribution < 1.29 is 4.74 Å². The summed E-state index contributed by atoms with van der Waals surface area (Å²) in [5.41, 5.74) is 3.32. The molecule has 0 radical (unpaired) electrons. The smallest absolute Gasteiger partial charge is 0.121 e. The molecule has 0 bridgehead atoms. The van der Waals surface area contributed by atoms with E-state index in [-0.39, 0.29) is 0 Å². The lowest BCUT2D eigenvalue weighted by atomic mass is 10.1. The first kappa shape index (κ1) is 13.4. The van der Waals surface area contributed by atoms with E-state index < -0.39 is 0 Å². The highest BCUT2D eigenvalue weighted by Crippen LogP contribution is 2.19. The molecule has 1 aromatic heterocycles. The molecule has 0 aliphatic rings. The summed E-state index contributed by atoms with van der Waals surface area (Å²) in [5, 5.41) is 4.59. The molecule has 0 saturated heterocycles. The number of fused-ring (bicyclic) bond motifs is 1. The molecular formula is C18H18N2O. The van der Waals surface area contributed by atoms with Crippen LogP contribution in [0, 0.1) is 0 Å². The van der Waals surface area contributed by atoms with E-state index in [1.165, 1.54) is 10.9 Å². The highest BCUT2D eigenvalue weighted by molar-refractivity contribution is 5.79. The van der Waals surface area contributed by atoms with Gasteiger partial charge in [0.15, 0.2) is 0 Å². The molecule has 0 spiro atoms. The van der Waals surface area contributed by atoms with Crippen molar-refractivity contribution in [3.63, 3.8) is 0 Å². The van der Waals surface area contributed by atoms with Crippen LogP contribution >= 0.6 is 0 Å². The van der Waals surface area contributed by atoms with Crippen LogP contribution in [-0.2, 0) is 6.54 Å². The molecule has 3 heteroatoms. The summed E-state index contributed by atoms with van der Waals surface area (Å²) in [5.74, 6) is 0.894. The number of rotatable bonds is 5. The van der Waals surface area contributed by atoms with Gasteiger partial charge in [0.1, 0.15) is 5.75 Å². The van der Waals surface area contributed by atoms with Crippen molar-refractivity contribution in [2.75, 3.05) is 11.9 Å². The SMILES string of the molecule is CCOc1cccc(NCc2ccc3ncccc3c2)c1. The van der Waals surface area contributed by atoms with Crippen LogP contribution < -0.4 is 10.1 Å². The van der Waals surface area contributed by atoms with Crippen LogP contribution in [0.4, 0.5) is 5.69 Å². The Bertz CT molecular complexity index is 740. The fourth-order valence-corrected chi connectivity index (χ4v) is 2.30. The third-order valence-electron chi connectivity index (χ3n) is 3.31. The zero-order chi connectivity index (χ0) is 14.5. The van der Waals surface area contributed by atoms with Crippen LogP contribution in [0.15, 0.2) is 60.8 Å². The highest BCUT2D eigenvalue weighted by atomic mass is 16.5. The van der Waals surface area contributed by atoms with Crippen LogP contribution in [-0.4, -0.2) is 11.6 Å². The number of aromatic nitrogens is 1. The molecule has 3 nitrogen and oxygen atoms in total. The Kier molecular flexibility index (Phi) is 4.01. The second-order valence-corrected chi connectivity index (χ2v) is 4.84. The Labute approximate surface area is 124 Å². The minimum Gasteiger partial charge on any atom is -0.494 e.